The van der Waals surface area contributed by atoms with Crippen LogP contribution in [0.3, 0.4) is 0 Å². The normalized spacial score (nSPS) is 24.9. The van der Waals surface area contributed by atoms with Gasteiger partial charge in [-0.2, -0.15) is 0 Å². The van der Waals surface area contributed by atoms with E-state index in [2.05, 4.69) is 47.9 Å². The van der Waals surface area contributed by atoms with Gasteiger partial charge in [-0.3, -0.25) is 4.90 Å². The molecule has 2 fully saturated rings. The molecule has 0 bridgehead atoms. The summed E-state index contributed by atoms with van der Waals surface area (Å²) in [6, 6.07) is 7.25. The molecular weight excluding hydrogens is 330 g/mol. The molecule has 0 amide bonds. The Kier molecular flexibility index (Phi) is 5.61. The number of allylic oxidation sites excluding steroid dienone is 2. The summed E-state index contributed by atoms with van der Waals surface area (Å²) in [7, 11) is 0. The fourth-order valence-corrected chi connectivity index (χ4v) is 5.56. The Morgan fingerprint density at radius 3 is 2.44 bits per heavy atom. The van der Waals surface area contributed by atoms with Gasteiger partial charge >= 0.3 is 0 Å². The Bertz CT molecular complexity index is 679. The number of benzene rings is 1. The highest BCUT2D eigenvalue weighted by Gasteiger charge is 2.35. The predicted molar refractivity (Wildman–Crippen MR) is 116 cm³/mol. The van der Waals surface area contributed by atoms with Crippen LogP contribution in [-0.4, -0.2) is 42.5 Å². The largest absolute Gasteiger partial charge is 0.398 e. The van der Waals surface area contributed by atoms with Gasteiger partial charge in [0.25, 0.3) is 0 Å². The molecule has 2 N–H and O–H groups in total. The van der Waals surface area contributed by atoms with E-state index in [-0.39, 0.29) is 0 Å². The molecule has 1 unspecified atom stereocenters. The van der Waals surface area contributed by atoms with Gasteiger partial charge in [-0.25, -0.2) is 0 Å². The average Bonchev–Trinajstić information content (AvgIpc) is 3.17. The zero-order valence-corrected chi connectivity index (χ0v) is 17.3. The van der Waals surface area contributed by atoms with Crippen LogP contribution in [-0.2, 0) is 0 Å². The maximum Gasteiger partial charge on any atom is 0.0390 e. The molecule has 1 saturated carbocycles. The van der Waals surface area contributed by atoms with E-state index in [9.17, 15) is 0 Å². The molecule has 3 nitrogen and oxygen atoms in total. The summed E-state index contributed by atoms with van der Waals surface area (Å²) in [5, 5.41) is 0. The van der Waals surface area contributed by atoms with Crippen molar-refractivity contribution < 1.29 is 0 Å². The number of hydrogen-bond donors (Lipinski definition) is 1. The van der Waals surface area contributed by atoms with Crippen molar-refractivity contribution >= 4 is 11.3 Å². The predicted octanol–water partition coefficient (Wildman–Crippen LogP) is 5.10. The van der Waals surface area contributed by atoms with Crippen molar-refractivity contribution in [1.29, 1.82) is 0 Å². The Morgan fingerprint density at radius 1 is 1.07 bits per heavy atom. The standard InChI is InChI=1S/C24H37N3/c1-3-26-14-16-27(17-15-26)19(2)21-6-7-23(25)22(18-21)20-8-12-24(13-9-20)10-4-5-11-24/h6-8,18-19H,3-5,9-17,25H2,1-2H3. The van der Waals surface area contributed by atoms with Gasteiger partial charge in [-0.1, -0.05) is 31.9 Å². The average molecular weight is 368 g/mol. The number of nitrogens with zero attached hydrogens (tertiary/aromatic N) is 2. The first-order valence-corrected chi connectivity index (χ1v) is 11.2. The van der Waals surface area contributed by atoms with E-state index in [1.54, 1.807) is 0 Å². The molecule has 1 saturated heterocycles. The Morgan fingerprint density at radius 2 is 1.81 bits per heavy atom. The molecule has 1 aliphatic heterocycles. The first-order valence-electron chi connectivity index (χ1n) is 11.2. The number of piperazine rings is 1. The summed E-state index contributed by atoms with van der Waals surface area (Å²) in [6.07, 6.45) is 12.1. The minimum absolute atomic E-state index is 0.466. The second-order valence-electron chi connectivity index (χ2n) is 9.13. The van der Waals surface area contributed by atoms with Crippen LogP contribution in [0.2, 0.25) is 0 Å². The number of nitrogen functional groups attached to an aromatic ring is 1. The van der Waals surface area contributed by atoms with Crippen LogP contribution in [0.25, 0.3) is 5.57 Å². The summed E-state index contributed by atoms with van der Waals surface area (Å²) >= 11 is 0. The second kappa shape index (κ2) is 7.97. The summed E-state index contributed by atoms with van der Waals surface area (Å²) in [4.78, 5) is 5.17. The van der Waals surface area contributed by atoms with Crippen LogP contribution >= 0.6 is 0 Å². The van der Waals surface area contributed by atoms with Crippen LogP contribution in [0.1, 0.15) is 76.0 Å². The van der Waals surface area contributed by atoms with Crippen molar-refractivity contribution in [3.8, 4) is 0 Å². The first kappa shape index (κ1) is 19.0. The lowest BCUT2D eigenvalue weighted by Gasteiger charge is -2.38. The van der Waals surface area contributed by atoms with Crippen molar-refractivity contribution in [2.75, 3.05) is 38.5 Å². The minimum Gasteiger partial charge on any atom is -0.398 e. The quantitative estimate of drug-likeness (QED) is 0.752. The third kappa shape index (κ3) is 3.95. The van der Waals surface area contributed by atoms with Gasteiger partial charge in [-0.05, 0) is 74.3 Å². The molecule has 3 heteroatoms. The third-order valence-corrected chi connectivity index (χ3v) is 7.68. The number of hydrogen-bond acceptors (Lipinski definition) is 3. The summed E-state index contributed by atoms with van der Waals surface area (Å²) < 4.78 is 0. The number of anilines is 1. The highest BCUT2D eigenvalue weighted by molar-refractivity contribution is 5.76. The van der Waals surface area contributed by atoms with E-state index in [0.29, 0.717) is 11.5 Å². The zero-order chi connectivity index (χ0) is 18.9. The molecule has 1 heterocycles. The van der Waals surface area contributed by atoms with Crippen LogP contribution in [0, 0.1) is 5.41 Å². The van der Waals surface area contributed by atoms with E-state index < -0.39 is 0 Å². The number of likely N-dealkylation sites (N-methyl/N-ethyl adjacent to an activating group) is 1. The van der Waals surface area contributed by atoms with Gasteiger partial charge in [0.2, 0.25) is 0 Å². The van der Waals surface area contributed by atoms with Crippen LogP contribution in [0.5, 0.6) is 0 Å². The van der Waals surface area contributed by atoms with Gasteiger partial charge in [-0.15, -0.1) is 0 Å². The monoisotopic (exact) mass is 367 g/mol. The van der Waals surface area contributed by atoms with Gasteiger partial charge in [0.1, 0.15) is 0 Å². The van der Waals surface area contributed by atoms with Crippen LogP contribution in [0.4, 0.5) is 5.69 Å². The zero-order valence-electron chi connectivity index (χ0n) is 17.3. The lowest BCUT2D eigenvalue weighted by atomic mass is 9.72. The molecule has 148 valence electrons. The van der Waals surface area contributed by atoms with Crippen molar-refractivity contribution in [3.05, 3.63) is 35.4 Å². The van der Waals surface area contributed by atoms with Crippen molar-refractivity contribution in [3.63, 3.8) is 0 Å². The molecule has 3 aliphatic rings. The molecule has 2 aliphatic carbocycles. The minimum atomic E-state index is 0.466. The van der Waals surface area contributed by atoms with Gasteiger partial charge < -0.3 is 10.6 Å². The first-order chi connectivity index (χ1) is 13.1. The molecule has 0 radical (unpaired) electrons. The fourth-order valence-electron chi connectivity index (χ4n) is 5.56. The van der Waals surface area contributed by atoms with Crippen molar-refractivity contribution in [2.45, 2.75) is 64.8 Å². The SMILES string of the molecule is CCN1CCN(C(C)c2ccc(N)c(C3=CCC4(CCCC4)CC3)c2)CC1. The second-order valence-corrected chi connectivity index (χ2v) is 9.13. The maximum atomic E-state index is 6.42. The van der Waals surface area contributed by atoms with Crippen molar-refractivity contribution in [2.24, 2.45) is 5.41 Å². The number of nitrogens with two attached hydrogens (primary N) is 1. The maximum absolute atomic E-state index is 6.42. The molecule has 1 aromatic carbocycles. The smallest absolute Gasteiger partial charge is 0.0390 e. The molecule has 0 aromatic heterocycles. The lowest BCUT2D eigenvalue weighted by molar-refractivity contribution is 0.106. The molecular formula is C24H37N3. The molecule has 27 heavy (non-hydrogen) atoms. The van der Waals surface area contributed by atoms with Gasteiger partial charge in [0, 0.05) is 43.5 Å². The Labute approximate surface area is 165 Å². The molecule has 1 spiro atoms. The van der Waals surface area contributed by atoms with Crippen molar-refractivity contribution in [1.82, 2.24) is 9.80 Å². The van der Waals surface area contributed by atoms with E-state index in [4.69, 9.17) is 5.73 Å². The van der Waals surface area contributed by atoms with E-state index >= 15 is 0 Å². The number of rotatable bonds is 4. The summed E-state index contributed by atoms with van der Waals surface area (Å²) in [5.74, 6) is 0. The summed E-state index contributed by atoms with van der Waals surface area (Å²) in [6.45, 7) is 10.5. The van der Waals surface area contributed by atoms with Gasteiger partial charge in [0.15, 0.2) is 0 Å². The lowest BCUT2D eigenvalue weighted by Crippen LogP contribution is -2.46. The topological polar surface area (TPSA) is 32.5 Å². The summed E-state index contributed by atoms with van der Waals surface area (Å²) in [5.41, 5.74) is 12.2. The van der Waals surface area contributed by atoms with E-state index in [1.165, 1.54) is 94.4 Å². The Balaban J connectivity index is 1.49. The third-order valence-electron chi connectivity index (χ3n) is 7.68. The highest BCUT2D eigenvalue weighted by Crippen LogP contribution is 2.50. The van der Waals surface area contributed by atoms with Crippen LogP contribution < -0.4 is 5.73 Å². The molecule has 1 atom stereocenters. The Hall–Kier alpha value is -1.32. The molecule has 1 aromatic rings. The molecule has 4 rings (SSSR count). The van der Waals surface area contributed by atoms with Gasteiger partial charge in [0.05, 0.1) is 0 Å². The fraction of sp³-hybridized carbons (Fsp3) is 0.667. The highest BCUT2D eigenvalue weighted by atomic mass is 15.3. The van der Waals surface area contributed by atoms with Crippen LogP contribution in [0.15, 0.2) is 24.3 Å². The van der Waals surface area contributed by atoms with E-state index in [1.807, 2.05) is 0 Å². The van der Waals surface area contributed by atoms with E-state index in [0.717, 1.165) is 5.69 Å².